The molecule has 0 bridgehead atoms. The van der Waals surface area contributed by atoms with E-state index in [1.807, 2.05) is 14.1 Å². The summed E-state index contributed by atoms with van der Waals surface area (Å²) in [6.45, 7) is 1.91. The highest BCUT2D eigenvalue weighted by Crippen LogP contribution is 1.99. The molecule has 0 aromatic carbocycles. The Morgan fingerprint density at radius 1 is 1.47 bits per heavy atom. The molecule has 0 atom stereocenters. The van der Waals surface area contributed by atoms with Crippen molar-refractivity contribution in [3.8, 4) is 11.8 Å². The van der Waals surface area contributed by atoms with Gasteiger partial charge in [0.25, 0.3) is 5.91 Å². The monoisotopic (exact) mass is 260 g/mol. The molecule has 5 heteroatoms. The topological polar surface area (TPSA) is 71.2 Å². The molecule has 0 aliphatic carbocycles. The third-order valence-electron chi connectivity index (χ3n) is 2.40. The molecule has 19 heavy (non-hydrogen) atoms. The van der Waals surface area contributed by atoms with E-state index >= 15 is 0 Å². The van der Waals surface area contributed by atoms with Gasteiger partial charge in [0.05, 0.1) is 6.54 Å². The van der Waals surface area contributed by atoms with Crippen molar-refractivity contribution < 1.29 is 4.79 Å². The second-order valence-corrected chi connectivity index (χ2v) is 4.35. The number of nitrogens with two attached hydrogens (primary N) is 1. The van der Waals surface area contributed by atoms with Crippen LogP contribution in [0.25, 0.3) is 0 Å². The van der Waals surface area contributed by atoms with Crippen molar-refractivity contribution >= 4 is 5.91 Å². The highest BCUT2D eigenvalue weighted by atomic mass is 16.1. The number of amides is 1. The lowest BCUT2D eigenvalue weighted by Gasteiger charge is -2.09. The zero-order chi connectivity index (χ0) is 14.1. The van der Waals surface area contributed by atoms with Crippen LogP contribution < -0.4 is 11.1 Å². The van der Waals surface area contributed by atoms with Gasteiger partial charge >= 0.3 is 0 Å². The molecule has 3 N–H and O–H groups in total. The lowest BCUT2D eigenvalue weighted by molar-refractivity contribution is 0.0947. The number of rotatable bonds is 5. The Labute approximate surface area is 114 Å². The molecule has 0 fully saturated rings. The zero-order valence-corrected chi connectivity index (χ0v) is 11.4. The van der Waals surface area contributed by atoms with E-state index in [9.17, 15) is 4.79 Å². The van der Waals surface area contributed by atoms with Gasteiger partial charge in [-0.2, -0.15) is 0 Å². The number of nitrogens with one attached hydrogen (secondary N) is 1. The first-order chi connectivity index (χ1) is 9.13. The van der Waals surface area contributed by atoms with E-state index in [0.717, 1.165) is 18.5 Å². The maximum atomic E-state index is 11.8. The van der Waals surface area contributed by atoms with E-state index < -0.39 is 0 Å². The summed E-state index contributed by atoms with van der Waals surface area (Å²) in [6, 6.07) is 3.44. The minimum absolute atomic E-state index is 0.155. The van der Waals surface area contributed by atoms with Crippen molar-refractivity contribution in [2.75, 3.05) is 33.7 Å². The molecule has 0 saturated carbocycles. The number of aromatic nitrogens is 1. The van der Waals surface area contributed by atoms with E-state index in [1.54, 1.807) is 18.3 Å². The summed E-state index contributed by atoms with van der Waals surface area (Å²) in [7, 11) is 4.01. The van der Waals surface area contributed by atoms with Gasteiger partial charge in [-0.05, 0) is 39.2 Å². The highest BCUT2D eigenvalue weighted by molar-refractivity contribution is 5.92. The van der Waals surface area contributed by atoms with Gasteiger partial charge in [0.2, 0.25) is 0 Å². The maximum absolute atomic E-state index is 11.8. The molecule has 0 saturated heterocycles. The van der Waals surface area contributed by atoms with Gasteiger partial charge in [-0.3, -0.25) is 4.79 Å². The molecule has 0 unspecified atom stereocenters. The summed E-state index contributed by atoms with van der Waals surface area (Å²) in [5.74, 6) is 5.44. The number of carbonyl (C=O) groups excluding carboxylic acids is 1. The molecular weight excluding hydrogens is 240 g/mol. The average Bonchev–Trinajstić information content (AvgIpc) is 2.41. The van der Waals surface area contributed by atoms with Crippen LogP contribution in [0.5, 0.6) is 0 Å². The van der Waals surface area contributed by atoms with E-state index in [2.05, 4.69) is 27.0 Å². The fourth-order valence-corrected chi connectivity index (χ4v) is 1.44. The van der Waals surface area contributed by atoms with Crippen LogP contribution in [0.15, 0.2) is 18.3 Å². The summed E-state index contributed by atoms with van der Waals surface area (Å²) in [4.78, 5) is 17.9. The van der Waals surface area contributed by atoms with Crippen LogP contribution in [0.2, 0.25) is 0 Å². The number of carbonyl (C=O) groups is 1. The first-order valence-electron chi connectivity index (χ1n) is 6.21. The van der Waals surface area contributed by atoms with E-state index in [0.29, 0.717) is 18.8 Å². The zero-order valence-electron chi connectivity index (χ0n) is 11.4. The van der Waals surface area contributed by atoms with Gasteiger partial charge in [0.1, 0.15) is 5.69 Å². The Hall–Kier alpha value is -1.90. The van der Waals surface area contributed by atoms with Crippen molar-refractivity contribution in [2.45, 2.75) is 6.42 Å². The van der Waals surface area contributed by atoms with E-state index in [1.165, 1.54) is 0 Å². The normalized spacial score (nSPS) is 9.89. The summed E-state index contributed by atoms with van der Waals surface area (Å²) >= 11 is 0. The largest absolute Gasteiger partial charge is 0.351 e. The van der Waals surface area contributed by atoms with Gasteiger partial charge in [0, 0.05) is 18.3 Å². The third-order valence-corrected chi connectivity index (χ3v) is 2.40. The quantitative estimate of drug-likeness (QED) is 0.581. The van der Waals surface area contributed by atoms with Crippen LogP contribution in [-0.4, -0.2) is 49.5 Å². The van der Waals surface area contributed by atoms with E-state index in [-0.39, 0.29) is 5.91 Å². The minimum Gasteiger partial charge on any atom is -0.351 e. The Bertz CT molecular complexity index is 457. The Morgan fingerprint density at radius 3 is 2.84 bits per heavy atom. The molecule has 1 heterocycles. The Morgan fingerprint density at radius 2 is 2.26 bits per heavy atom. The summed E-state index contributed by atoms with van der Waals surface area (Å²) in [6.07, 6.45) is 2.50. The van der Waals surface area contributed by atoms with Crippen LogP contribution >= 0.6 is 0 Å². The van der Waals surface area contributed by atoms with Crippen LogP contribution in [0.1, 0.15) is 22.5 Å². The number of hydrogen-bond donors (Lipinski definition) is 2. The predicted molar refractivity (Wildman–Crippen MR) is 75.7 cm³/mol. The van der Waals surface area contributed by atoms with Crippen molar-refractivity contribution in [3.05, 3.63) is 29.6 Å². The average molecular weight is 260 g/mol. The lowest BCUT2D eigenvalue weighted by Crippen LogP contribution is -2.27. The van der Waals surface area contributed by atoms with Gasteiger partial charge < -0.3 is 16.0 Å². The maximum Gasteiger partial charge on any atom is 0.269 e. The van der Waals surface area contributed by atoms with Crippen molar-refractivity contribution in [2.24, 2.45) is 5.73 Å². The van der Waals surface area contributed by atoms with Gasteiger partial charge in [-0.15, -0.1) is 0 Å². The molecule has 1 aromatic rings. The van der Waals surface area contributed by atoms with Crippen LogP contribution in [-0.2, 0) is 0 Å². The standard InChI is InChI=1S/C14H20N4O/c1-18(2)10-4-9-16-14(19)13-7-6-12(11-17-13)5-3-8-15/h6-7,11H,4,8-10,15H2,1-2H3,(H,16,19). The fraction of sp³-hybridized carbons (Fsp3) is 0.429. The molecule has 0 aliphatic heterocycles. The molecule has 1 aromatic heterocycles. The second-order valence-electron chi connectivity index (χ2n) is 4.35. The molecule has 1 amide bonds. The number of hydrogen-bond acceptors (Lipinski definition) is 4. The van der Waals surface area contributed by atoms with Crippen LogP contribution in [0, 0.1) is 11.8 Å². The van der Waals surface area contributed by atoms with Gasteiger partial charge in [0.15, 0.2) is 0 Å². The molecule has 0 aliphatic rings. The molecule has 0 radical (unpaired) electrons. The van der Waals surface area contributed by atoms with Gasteiger partial charge in [-0.25, -0.2) is 4.98 Å². The third kappa shape index (κ3) is 6.00. The second kappa shape index (κ2) is 8.25. The van der Waals surface area contributed by atoms with Crippen LogP contribution in [0.4, 0.5) is 0 Å². The number of pyridine rings is 1. The molecule has 102 valence electrons. The van der Waals surface area contributed by atoms with Crippen molar-refractivity contribution in [1.82, 2.24) is 15.2 Å². The fourth-order valence-electron chi connectivity index (χ4n) is 1.44. The van der Waals surface area contributed by atoms with Crippen LogP contribution in [0.3, 0.4) is 0 Å². The molecule has 1 rings (SSSR count). The summed E-state index contributed by atoms with van der Waals surface area (Å²) in [5, 5.41) is 2.83. The Balaban J connectivity index is 2.44. The molecule has 5 nitrogen and oxygen atoms in total. The van der Waals surface area contributed by atoms with E-state index in [4.69, 9.17) is 5.73 Å². The first kappa shape index (κ1) is 15.2. The predicted octanol–water partition coefficient (Wildman–Crippen LogP) is 0.0733. The summed E-state index contributed by atoms with van der Waals surface area (Å²) in [5.41, 5.74) is 6.45. The SMILES string of the molecule is CN(C)CCCNC(=O)c1ccc(C#CCN)cn1. The first-order valence-corrected chi connectivity index (χ1v) is 6.21. The number of nitrogens with zero attached hydrogens (tertiary/aromatic N) is 2. The molecular formula is C14H20N4O. The Kier molecular flexibility index (Phi) is 6.58. The smallest absolute Gasteiger partial charge is 0.269 e. The lowest BCUT2D eigenvalue weighted by atomic mass is 10.2. The summed E-state index contributed by atoms with van der Waals surface area (Å²) < 4.78 is 0. The van der Waals surface area contributed by atoms with Crippen molar-refractivity contribution in [1.29, 1.82) is 0 Å². The molecule has 0 spiro atoms. The van der Waals surface area contributed by atoms with Gasteiger partial charge in [-0.1, -0.05) is 11.8 Å². The minimum atomic E-state index is -0.155. The highest BCUT2D eigenvalue weighted by Gasteiger charge is 2.05. The van der Waals surface area contributed by atoms with Crippen molar-refractivity contribution in [3.63, 3.8) is 0 Å².